The number of carbonyl (C=O) groups excluding carboxylic acids is 1. The standard InChI is InChI=1S/C23H22N2O2S/c1-17-21-12-15-28-22(21)11-14-25(17)23(26)10-7-18-5-8-20(9-6-18)27-16-19-4-2-3-13-24-19/h2-10,12-13,15,17H,11,14,16H2,1H3/b10-7+/t17-/m0/s1. The lowest BCUT2D eigenvalue weighted by molar-refractivity contribution is -0.128. The van der Waals surface area contributed by atoms with Crippen molar-refractivity contribution < 1.29 is 9.53 Å². The van der Waals surface area contributed by atoms with Crippen LogP contribution in [-0.4, -0.2) is 22.3 Å². The molecule has 0 saturated carbocycles. The van der Waals surface area contributed by atoms with Gasteiger partial charge in [0.1, 0.15) is 12.4 Å². The predicted molar refractivity (Wildman–Crippen MR) is 112 cm³/mol. The van der Waals surface area contributed by atoms with Crippen molar-refractivity contribution in [3.63, 3.8) is 0 Å². The molecule has 0 N–H and O–H groups in total. The first-order chi connectivity index (χ1) is 13.7. The first-order valence-corrected chi connectivity index (χ1v) is 10.3. The summed E-state index contributed by atoms with van der Waals surface area (Å²) in [7, 11) is 0. The number of rotatable bonds is 5. The maximum Gasteiger partial charge on any atom is 0.247 e. The van der Waals surface area contributed by atoms with E-state index in [4.69, 9.17) is 4.74 Å². The Morgan fingerprint density at radius 3 is 2.89 bits per heavy atom. The summed E-state index contributed by atoms with van der Waals surface area (Å²) in [6, 6.07) is 15.8. The van der Waals surface area contributed by atoms with E-state index in [-0.39, 0.29) is 11.9 Å². The zero-order valence-corrected chi connectivity index (χ0v) is 16.6. The largest absolute Gasteiger partial charge is 0.487 e. The summed E-state index contributed by atoms with van der Waals surface area (Å²) in [5, 5.41) is 2.11. The molecule has 3 aromatic rings. The lowest BCUT2D eigenvalue weighted by Gasteiger charge is -2.32. The van der Waals surface area contributed by atoms with Crippen LogP contribution in [0.5, 0.6) is 5.75 Å². The number of aromatic nitrogens is 1. The number of fused-ring (bicyclic) bond motifs is 1. The minimum atomic E-state index is 0.0554. The predicted octanol–water partition coefficient (Wildman–Crippen LogP) is 4.88. The van der Waals surface area contributed by atoms with Gasteiger partial charge in [0.05, 0.1) is 11.7 Å². The highest BCUT2D eigenvalue weighted by molar-refractivity contribution is 7.10. The van der Waals surface area contributed by atoms with Crippen LogP contribution in [0.2, 0.25) is 0 Å². The van der Waals surface area contributed by atoms with Crippen molar-refractivity contribution in [2.45, 2.75) is 26.0 Å². The molecule has 0 aliphatic carbocycles. The van der Waals surface area contributed by atoms with Crippen LogP contribution in [0.3, 0.4) is 0 Å². The molecule has 4 nitrogen and oxygen atoms in total. The molecule has 3 heterocycles. The van der Waals surface area contributed by atoms with Gasteiger partial charge in [0.2, 0.25) is 5.91 Å². The Labute approximate surface area is 169 Å². The number of carbonyl (C=O) groups is 1. The van der Waals surface area contributed by atoms with Crippen LogP contribution in [0.1, 0.15) is 34.7 Å². The average molecular weight is 391 g/mol. The molecule has 0 unspecified atom stereocenters. The summed E-state index contributed by atoms with van der Waals surface area (Å²) >= 11 is 1.79. The van der Waals surface area contributed by atoms with Gasteiger partial charge in [-0.25, -0.2) is 0 Å². The van der Waals surface area contributed by atoms with Gasteiger partial charge in [0.15, 0.2) is 0 Å². The van der Waals surface area contributed by atoms with Crippen molar-refractivity contribution in [3.05, 3.63) is 87.9 Å². The second-order valence-electron chi connectivity index (χ2n) is 6.77. The van der Waals surface area contributed by atoms with Crippen molar-refractivity contribution in [1.29, 1.82) is 0 Å². The van der Waals surface area contributed by atoms with Gasteiger partial charge in [0, 0.05) is 23.7 Å². The first-order valence-electron chi connectivity index (χ1n) is 9.38. The van der Waals surface area contributed by atoms with Gasteiger partial charge in [-0.2, -0.15) is 0 Å². The summed E-state index contributed by atoms with van der Waals surface area (Å²) in [6.07, 6.45) is 6.23. The molecule has 4 rings (SSSR count). The molecule has 28 heavy (non-hydrogen) atoms. The highest BCUT2D eigenvalue weighted by Gasteiger charge is 2.26. The monoisotopic (exact) mass is 390 g/mol. The molecule has 0 bridgehead atoms. The fourth-order valence-electron chi connectivity index (χ4n) is 3.39. The van der Waals surface area contributed by atoms with Crippen LogP contribution in [0.25, 0.3) is 6.08 Å². The Kier molecular flexibility index (Phi) is 5.53. The summed E-state index contributed by atoms with van der Waals surface area (Å²) in [5.74, 6) is 0.837. The molecular formula is C23H22N2O2S. The number of ether oxygens (including phenoxy) is 1. The van der Waals surface area contributed by atoms with E-state index < -0.39 is 0 Å². The van der Waals surface area contributed by atoms with Crippen LogP contribution in [0, 0.1) is 0 Å². The van der Waals surface area contributed by atoms with Gasteiger partial charge < -0.3 is 9.64 Å². The molecule has 0 saturated heterocycles. The summed E-state index contributed by atoms with van der Waals surface area (Å²) in [6.45, 7) is 3.31. The first kappa shape index (κ1) is 18.4. The highest BCUT2D eigenvalue weighted by Crippen LogP contribution is 2.32. The number of nitrogens with zero attached hydrogens (tertiary/aromatic N) is 2. The minimum Gasteiger partial charge on any atom is -0.487 e. The molecule has 1 aliphatic rings. The van der Waals surface area contributed by atoms with E-state index in [1.54, 1.807) is 23.6 Å². The van der Waals surface area contributed by atoms with Crippen molar-refractivity contribution in [3.8, 4) is 5.75 Å². The number of pyridine rings is 1. The molecule has 1 atom stereocenters. The van der Waals surface area contributed by atoms with Crippen LogP contribution in [0.4, 0.5) is 0 Å². The topological polar surface area (TPSA) is 42.4 Å². The molecule has 1 aliphatic heterocycles. The van der Waals surface area contributed by atoms with E-state index in [0.29, 0.717) is 6.61 Å². The molecule has 2 aromatic heterocycles. The zero-order valence-electron chi connectivity index (χ0n) is 15.7. The van der Waals surface area contributed by atoms with Crippen molar-refractivity contribution in [1.82, 2.24) is 9.88 Å². The Balaban J connectivity index is 1.35. The fourth-order valence-corrected chi connectivity index (χ4v) is 4.35. The summed E-state index contributed by atoms with van der Waals surface area (Å²) in [5.41, 5.74) is 3.15. The molecule has 1 aromatic carbocycles. The van der Waals surface area contributed by atoms with E-state index in [9.17, 15) is 4.79 Å². The average Bonchev–Trinajstić information content (AvgIpc) is 3.22. The lowest BCUT2D eigenvalue weighted by atomic mass is 10.0. The van der Waals surface area contributed by atoms with Gasteiger partial charge >= 0.3 is 0 Å². The van der Waals surface area contributed by atoms with Crippen LogP contribution in [-0.2, 0) is 17.8 Å². The van der Waals surface area contributed by atoms with E-state index >= 15 is 0 Å². The number of hydrogen-bond acceptors (Lipinski definition) is 4. The van der Waals surface area contributed by atoms with Crippen molar-refractivity contribution in [2.75, 3.05) is 6.54 Å². The van der Waals surface area contributed by atoms with Gasteiger partial charge in [0.25, 0.3) is 0 Å². The second-order valence-corrected chi connectivity index (χ2v) is 7.77. The van der Waals surface area contributed by atoms with Crippen LogP contribution >= 0.6 is 11.3 Å². The molecular weight excluding hydrogens is 368 g/mol. The van der Waals surface area contributed by atoms with Gasteiger partial charge in [-0.3, -0.25) is 9.78 Å². The number of benzene rings is 1. The number of hydrogen-bond donors (Lipinski definition) is 0. The second kappa shape index (κ2) is 8.40. The molecule has 142 valence electrons. The van der Waals surface area contributed by atoms with Crippen LogP contribution in [0.15, 0.2) is 66.2 Å². The zero-order chi connectivity index (χ0) is 19.3. The Morgan fingerprint density at radius 2 is 2.11 bits per heavy atom. The summed E-state index contributed by atoms with van der Waals surface area (Å²) < 4.78 is 5.75. The highest BCUT2D eigenvalue weighted by atomic mass is 32.1. The third-order valence-corrected chi connectivity index (χ3v) is 5.97. The van der Waals surface area contributed by atoms with E-state index in [2.05, 4.69) is 23.4 Å². The van der Waals surface area contributed by atoms with E-state index in [0.717, 1.165) is 30.0 Å². The quantitative estimate of drug-likeness (QED) is 0.583. The van der Waals surface area contributed by atoms with Gasteiger partial charge in [-0.15, -0.1) is 11.3 Å². The van der Waals surface area contributed by atoms with E-state index in [1.165, 1.54) is 10.4 Å². The SMILES string of the molecule is C[C@H]1c2ccsc2CCN1C(=O)/C=C/c1ccc(OCc2ccccn2)cc1. The molecule has 0 fully saturated rings. The number of amides is 1. The van der Waals surface area contributed by atoms with Crippen molar-refractivity contribution >= 4 is 23.3 Å². The third kappa shape index (κ3) is 4.15. The van der Waals surface area contributed by atoms with Crippen molar-refractivity contribution in [2.24, 2.45) is 0 Å². The van der Waals surface area contributed by atoms with Gasteiger partial charge in [-0.05, 0) is 66.3 Å². The maximum atomic E-state index is 12.7. The fraction of sp³-hybridized carbons (Fsp3) is 0.217. The Hall–Kier alpha value is -2.92. The molecule has 1 amide bonds. The molecule has 0 spiro atoms. The minimum absolute atomic E-state index is 0.0554. The third-order valence-electron chi connectivity index (χ3n) is 4.97. The Bertz CT molecular complexity index is 964. The molecule has 5 heteroatoms. The summed E-state index contributed by atoms with van der Waals surface area (Å²) in [4.78, 5) is 20.2. The van der Waals surface area contributed by atoms with Gasteiger partial charge in [-0.1, -0.05) is 18.2 Å². The molecule has 0 radical (unpaired) electrons. The maximum absolute atomic E-state index is 12.7. The number of thiophene rings is 1. The normalized spacial score (nSPS) is 16.2. The Morgan fingerprint density at radius 1 is 1.25 bits per heavy atom. The smallest absolute Gasteiger partial charge is 0.247 e. The van der Waals surface area contributed by atoms with Crippen LogP contribution < -0.4 is 4.74 Å². The lowest BCUT2D eigenvalue weighted by Crippen LogP contribution is -2.37. The van der Waals surface area contributed by atoms with E-state index in [1.807, 2.05) is 53.4 Å².